The van der Waals surface area contributed by atoms with E-state index in [2.05, 4.69) is 184 Å². The second-order valence-electron chi connectivity index (χ2n) is 12.8. The van der Waals surface area contributed by atoms with E-state index in [1.54, 1.807) is 6.20 Å². The van der Waals surface area contributed by atoms with E-state index < -0.39 is 0 Å². The number of benzene rings is 7. The molecule has 0 aliphatic rings. The summed E-state index contributed by atoms with van der Waals surface area (Å²) in [5.41, 5.74) is 13.0. The quantitative estimate of drug-likeness (QED) is 0.179. The molecule has 0 saturated carbocycles. The molecule has 0 spiro atoms. The topological polar surface area (TPSA) is 34.2 Å². The van der Waals surface area contributed by atoms with E-state index in [1.807, 2.05) is 12.3 Å². The number of para-hydroxylation sites is 5. The van der Waals surface area contributed by atoms with Crippen molar-refractivity contribution in [1.82, 2.24) is 9.55 Å². The van der Waals surface area contributed by atoms with Crippen molar-refractivity contribution in [2.24, 2.45) is 0 Å². The van der Waals surface area contributed by atoms with Crippen LogP contribution in [0.15, 0.2) is 193 Å². The minimum atomic E-state index is 0.799. The van der Waals surface area contributed by atoms with Crippen molar-refractivity contribution in [3.05, 3.63) is 188 Å². The maximum Gasteiger partial charge on any atom is 0.153 e. The smallest absolute Gasteiger partial charge is 0.153 e. The lowest BCUT2D eigenvalue weighted by atomic mass is 10.0. The van der Waals surface area contributed by atoms with Crippen molar-refractivity contribution in [3.63, 3.8) is 0 Å². The molecule has 0 aliphatic heterocycles. The van der Waals surface area contributed by atoms with Gasteiger partial charge < -0.3 is 13.9 Å². The summed E-state index contributed by atoms with van der Waals surface area (Å²) >= 11 is 0. The Hall–Kier alpha value is -6.91. The Morgan fingerprint density at radius 2 is 0.980 bits per heavy atom. The van der Waals surface area contributed by atoms with Crippen molar-refractivity contribution in [3.8, 4) is 27.9 Å². The Morgan fingerprint density at radius 1 is 0.431 bits per heavy atom. The maximum atomic E-state index is 6.30. The second-order valence-corrected chi connectivity index (χ2v) is 12.8. The Kier molecular flexibility index (Phi) is 6.78. The lowest BCUT2D eigenvalue weighted by Crippen LogP contribution is -2.09. The zero-order valence-corrected chi connectivity index (χ0v) is 27.6. The van der Waals surface area contributed by atoms with Gasteiger partial charge in [-0.25, -0.2) is 0 Å². The summed E-state index contributed by atoms with van der Waals surface area (Å²) in [6.45, 7) is 0. The van der Waals surface area contributed by atoms with Gasteiger partial charge in [-0.3, -0.25) is 4.98 Å². The SMILES string of the molecule is c1ccc(N(c2ccc(-c3ccccc3-n3c4ccccc4c4ccccc43)cc2)c2ccc(-c3cccc4c3oc3cnccc34)cc2)cc1. The fourth-order valence-electron chi connectivity index (χ4n) is 7.58. The van der Waals surface area contributed by atoms with Gasteiger partial charge in [0.05, 0.1) is 22.9 Å². The molecule has 4 nitrogen and oxygen atoms in total. The van der Waals surface area contributed by atoms with Crippen LogP contribution in [0.5, 0.6) is 0 Å². The van der Waals surface area contributed by atoms with E-state index in [0.717, 1.165) is 61.4 Å². The highest BCUT2D eigenvalue weighted by Gasteiger charge is 2.18. The van der Waals surface area contributed by atoms with Gasteiger partial charge >= 0.3 is 0 Å². The molecular weight excluding hydrogens is 623 g/mol. The standard InChI is InChI=1S/C47H31N3O/c1-2-11-34(12-3-1)49(36-27-23-33(24-28-36)38-16-10-17-42-41-29-30-48-31-46(41)51-47(38)42)35-25-21-32(22-26-35)37-13-4-7-18-43(37)50-44-19-8-5-14-39(44)40-15-6-9-20-45(40)50/h1-31H. The lowest BCUT2D eigenvalue weighted by Gasteiger charge is -2.26. The van der Waals surface area contributed by atoms with Gasteiger partial charge in [-0.2, -0.15) is 0 Å². The fourth-order valence-corrected chi connectivity index (χ4v) is 7.58. The Balaban J connectivity index is 1.05. The van der Waals surface area contributed by atoms with Crippen LogP contribution in [-0.2, 0) is 0 Å². The van der Waals surface area contributed by atoms with Gasteiger partial charge in [0.25, 0.3) is 0 Å². The van der Waals surface area contributed by atoms with Gasteiger partial charge in [-0.05, 0) is 71.8 Å². The highest BCUT2D eigenvalue weighted by atomic mass is 16.3. The van der Waals surface area contributed by atoms with Gasteiger partial charge in [-0.15, -0.1) is 0 Å². The summed E-state index contributed by atoms with van der Waals surface area (Å²) in [7, 11) is 0. The molecule has 10 rings (SSSR count). The Morgan fingerprint density at radius 3 is 1.69 bits per heavy atom. The van der Waals surface area contributed by atoms with Gasteiger partial charge in [0.2, 0.25) is 0 Å². The van der Waals surface area contributed by atoms with Crippen LogP contribution in [0.3, 0.4) is 0 Å². The van der Waals surface area contributed by atoms with E-state index in [-0.39, 0.29) is 0 Å². The summed E-state index contributed by atoms with van der Waals surface area (Å²) < 4.78 is 8.70. The van der Waals surface area contributed by atoms with Crippen LogP contribution in [-0.4, -0.2) is 9.55 Å². The molecule has 3 aromatic heterocycles. The zero-order valence-electron chi connectivity index (χ0n) is 27.6. The fraction of sp³-hybridized carbons (Fsp3) is 0. The van der Waals surface area contributed by atoms with Crippen molar-refractivity contribution in [2.75, 3.05) is 4.90 Å². The van der Waals surface area contributed by atoms with E-state index in [4.69, 9.17) is 4.42 Å². The molecule has 0 radical (unpaired) electrons. The Labute approximate surface area is 295 Å². The average molecular weight is 654 g/mol. The molecule has 0 aliphatic carbocycles. The molecule has 4 heteroatoms. The number of hydrogen-bond acceptors (Lipinski definition) is 3. The van der Waals surface area contributed by atoms with E-state index in [0.29, 0.717) is 0 Å². The molecule has 0 amide bonds. The molecule has 10 aromatic rings. The van der Waals surface area contributed by atoms with Crippen LogP contribution in [0, 0.1) is 0 Å². The maximum absolute atomic E-state index is 6.30. The lowest BCUT2D eigenvalue weighted by molar-refractivity contribution is 0.668. The minimum absolute atomic E-state index is 0.799. The van der Waals surface area contributed by atoms with Gasteiger partial charge in [-0.1, -0.05) is 115 Å². The normalized spacial score (nSPS) is 11.5. The highest BCUT2D eigenvalue weighted by molar-refractivity contribution is 6.10. The molecule has 0 saturated heterocycles. The third kappa shape index (κ3) is 4.80. The first-order valence-electron chi connectivity index (χ1n) is 17.2. The van der Waals surface area contributed by atoms with Crippen LogP contribution in [0.25, 0.3) is 71.7 Å². The summed E-state index contributed by atoms with van der Waals surface area (Å²) in [5.74, 6) is 0. The van der Waals surface area contributed by atoms with Crippen LogP contribution in [0.1, 0.15) is 0 Å². The first kappa shape index (κ1) is 29.0. The zero-order chi connectivity index (χ0) is 33.7. The number of rotatable bonds is 6. The van der Waals surface area contributed by atoms with Gasteiger partial charge in [0, 0.05) is 55.9 Å². The third-order valence-electron chi connectivity index (χ3n) is 9.91. The summed E-state index contributed by atoms with van der Waals surface area (Å²) in [4.78, 5) is 6.56. The molecule has 240 valence electrons. The second kappa shape index (κ2) is 11.9. The van der Waals surface area contributed by atoms with Gasteiger partial charge in [0.1, 0.15) is 5.58 Å². The number of pyridine rings is 1. The molecule has 0 bridgehead atoms. The predicted molar refractivity (Wildman–Crippen MR) is 211 cm³/mol. The number of fused-ring (bicyclic) bond motifs is 6. The molecule has 7 aromatic carbocycles. The molecule has 0 N–H and O–H groups in total. The van der Waals surface area contributed by atoms with Crippen LogP contribution < -0.4 is 4.90 Å². The van der Waals surface area contributed by atoms with Gasteiger partial charge in [0.15, 0.2) is 5.58 Å². The first-order valence-corrected chi connectivity index (χ1v) is 17.2. The number of hydrogen-bond donors (Lipinski definition) is 0. The number of aromatic nitrogens is 2. The number of furan rings is 1. The first-order chi connectivity index (χ1) is 25.3. The van der Waals surface area contributed by atoms with Crippen molar-refractivity contribution >= 4 is 60.8 Å². The van der Waals surface area contributed by atoms with E-state index in [9.17, 15) is 0 Å². The van der Waals surface area contributed by atoms with Crippen LogP contribution in [0.2, 0.25) is 0 Å². The molecule has 3 heterocycles. The molecule has 0 fully saturated rings. The number of nitrogens with zero attached hydrogens (tertiary/aromatic N) is 3. The van der Waals surface area contributed by atoms with Crippen LogP contribution >= 0.6 is 0 Å². The molecule has 0 atom stereocenters. The number of anilines is 3. The van der Waals surface area contributed by atoms with Crippen LogP contribution in [0.4, 0.5) is 17.1 Å². The third-order valence-corrected chi connectivity index (χ3v) is 9.91. The average Bonchev–Trinajstić information content (AvgIpc) is 3.75. The van der Waals surface area contributed by atoms with Crippen molar-refractivity contribution < 1.29 is 4.42 Å². The Bertz CT molecular complexity index is 2800. The molecule has 51 heavy (non-hydrogen) atoms. The van der Waals surface area contributed by atoms with E-state index >= 15 is 0 Å². The molecular formula is C47H31N3O. The summed E-state index contributed by atoms with van der Waals surface area (Å²) in [6.07, 6.45) is 3.60. The minimum Gasteiger partial charge on any atom is -0.454 e. The predicted octanol–water partition coefficient (Wildman–Crippen LogP) is 12.9. The van der Waals surface area contributed by atoms with E-state index in [1.165, 1.54) is 27.4 Å². The van der Waals surface area contributed by atoms with Crippen molar-refractivity contribution in [2.45, 2.75) is 0 Å². The highest BCUT2D eigenvalue weighted by Crippen LogP contribution is 2.40. The summed E-state index contributed by atoms with van der Waals surface area (Å²) in [6, 6.07) is 62.6. The summed E-state index contributed by atoms with van der Waals surface area (Å²) in [5, 5.41) is 4.69. The largest absolute Gasteiger partial charge is 0.454 e. The molecule has 0 unspecified atom stereocenters. The van der Waals surface area contributed by atoms with Crippen molar-refractivity contribution in [1.29, 1.82) is 0 Å². The monoisotopic (exact) mass is 653 g/mol.